The fraction of sp³-hybridized carbons (Fsp3) is 0.467. The minimum Gasteiger partial charge on any atom is -0.380 e. The Morgan fingerprint density at radius 1 is 1.18 bits per heavy atom. The third-order valence-electron chi connectivity index (χ3n) is 3.02. The molecule has 124 valence electrons. The molecule has 0 bridgehead atoms. The number of carbonyl (C=O) groups is 2. The molecule has 0 saturated carbocycles. The largest absolute Gasteiger partial charge is 0.380 e. The Labute approximate surface area is 137 Å². The smallest absolute Gasteiger partial charge is 0.222 e. The molecule has 0 spiro atoms. The second-order valence-electron chi connectivity index (χ2n) is 4.66. The molecule has 4 N–H and O–H groups in total. The quantitative estimate of drug-likeness (QED) is 0.618. The number of nitrogens with one attached hydrogen (secondary N) is 2. The summed E-state index contributed by atoms with van der Waals surface area (Å²) in [6.07, 6.45) is 0.175. The van der Waals surface area contributed by atoms with E-state index in [9.17, 15) is 9.59 Å². The van der Waals surface area contributed by atoms with Crippen molar-refractivity contribution in [1.82, 2.24) is 10.6 Å². The van der Waals surface area contributed by atoms with Crippen LogP contribution < -0.4 is 16.4 Å². The van der Waals surface area contributed by atoms with Crippen LogP contribution in [0.25, 0.3) is 0 Å². The van der Waals surface area contributed by atoms with Crippen LogP contribution in [0.1, 0.15) is 18.4 Å². The Morgan fingerprint density at radius 2 is 1.86 bits per heavy atom. The first-order valence-corrected chi connectivity index (χ1v) is 6.96. The molecule has 0 aliphatic carbocycles. The summed E-state index contributed by atoms with van der Waals surface area (Å²) in [6.45, 7) is 1.09. The molecular formula is C15H24ClN3O3. The van der Waals surface area contributed by atoms with E-state index in [1.54, 1.807) is 0 Å². The van der Waals surface area contributed by atoms with Gasteiger partial charge in [0.15, 0.2) is 0 Å². The third kappa shape index (κ3) is 8.61. The molecule has 1 aromatic rings. The molecule has 0 saturated heterocycles. The van der Waals surface area contributed by atoms with E-state index in [1.165, 1.54) is 7.11 Å². The summed E-state index contributed by atoms with van der Waals surface area (Å²) >= 11 is 0. The SMILES string of the molecule is COC(CN)CC(=O)NCCC(=O)NCc1ccccc1.Cl. The Morgan fingerprint density at radius 3 is 2.45 bits per heavy atom. The highest BCUT2D eigenvalue weighted by atomic mass is 35.5. The number of hydrogen-bond donors (Lipinski definition) is 3. The number of methoxy groups -OCH3 is 1. The zero-order chi connectivity index (χ0) is 15.5. The molecule has 1 rings (SSSR count). The van der Waals surface area contributed by atoms with Gasteiger partial charge in [0.05, 0.1) is 12.5 Å². The van der Waals surface area contributed by atoms with Crippen LogP contribution in [0, 0.1) is 0 Å². The molecule has 7 heteroatoms. The van der Waals surface area contributed by atoms with Crippen molar-refractivity contribution in [2.24, 2.45) is 5.73 Å². The molecule has 2 amide bonds. The van der Waals surface area contributed by atoms with Gasteiger partial charge in [-0.1, -0.05) is 30.3 Å². The highest BCUT2D eigenvalue weighted by Crippen LogP contribution is 1.97. The molecule has 0 aliphatic heterocycles. The van der Waals surface area contributed by atoms with E-state index >= 15 is 0 Å². The highest BCUT2D eigenvalue weighted by Gasteiger charge is 2.11. The maximum absolute atomic E-state index is 11.6. The van der Waals surface area contributed by atoms with Gasteiger partial charge < -0.3 is 21.1 Å². The van der Waals surface area contributed by atoms with Gasteiger partial charge in [0.25, 0.3) is 0 Å². The van der Waals surface area contributed by atoms with Crippen molar-refractivity contribution in [1.29, 1.82) is 0 Å². The lowest BCUT2D eigenvalue weighted by atomic mass is 10.2. The van der Waals surface area contributed by atoms with Gasteiger partial charge in [-0.2, -0.15) is 0 Å². The van der Waals surface area contributed by atoms with Crippen LogP contribution >= 0.6 is 12.4 Å². The predicted molar refractivity (Wildman–Crippen MR) is 87.6 cm³/mol. The van der Waals surface area contributed by atoms with E-state index in [-0.39, 0.29) is 43.2 Å². The molecular weight excluding hydrogens is 306 g/mol. The van der Waals surface area contributed by atoms with Crippen molar-refractivity contribution in [3.63, 3.8) is 0 Å². The molecule has 0 heterocycles. The second kappa shape index (κ2) is 12.0. The van der Waals surface area contributed by atoms with E-state index in [0.29, 0.717) is 19.6 Å². The Bertz CT molecular complexity index is 439. The molecule has 0 fully saturated rings. The van der Waals surface area contributed by atoms with Crippen molar-refractivity contribution >= 4 is 24.2 Å². The normalized spacial score (nSPS) is 11.2. The van der Waals surface area contributed by atoms with Crippen LogP contribution in [-0.4, -0.2) is 38.1 Å². The first kappa shape index (κ1) is 20.4. The number of rotatable bonds is 9. The highest BCUT2D eigenvalue weighted by molar-refractivity contribution is 5.85. The van der Waals surface area contributed by atoms with E-state index in [4.69, 9.17) is 10.5 Å². The van der Waals surface area contributed by atoms with E-state index in [0.717, 1.165) is 5.56 Å². The van der Waals surface area contributed by atoms with E-state index < -0.39 is 0 Å². The third-order valence-corrected chi connectivity index (χ3v) is 3.02. The van der Waals surface area contributed by atoms with Crippen molar-refractivity contribution < 1.29 is 14.3 Å². The summed E-state index contributed by atoms with van der Waals surface area (Å²) in [5.41, 5.74) is 6.48. The summed E-state index contributed by atoms with van der Waals surface area (Å²) < 4.78 is 5.02. The Hall–Kier alpha value is -1.63. The van der Waals surface area contributed by atoms with Crippen LogP contribution in [0.2, 0.25) is 0 Å². The molecule has 1 atom stereocenters. The van der Waals surface area contributed by atoms with Gasteiger partial charge in [-0.25, -0.2) is 0 Å². The topological polar surface area (TPSA) is 93.4 Å². The summed E-state index contributed by atoms with van der Waals surface area (Å²) in [5, 5.41) is 5.48. The van der Waals surface area contributed by atoms with E-state index in [2.05, 4.69) is 10.6 Å². The summed E-state index contributed by atoms with van der Waals surface area (Å²) in [5.74, 6) is -0.260. The van der Waals surface area contributed by atoms with Gasteiger partial charge in [-0.05, 0) is 5.56 Å². The Kier molecular flexibility index (Phi) is 11.1. The first-order chi connectivity index (χ1) is 10.2. The predicted octanol–water partition coefficient (Wildman–Crippen LogP) is 0.595. The van der Waals surface area contributed by atoms with Gasteiger partial charge in [0.1, 0.15) is 0 Å². The number of amides is 2. The van der Waals surface area contributed by atoms with Crippen molar-refractivity contribution in [2.45, 2.75) is 25.5 Å². The van der Waals surface area contributed by atoms with Crippen LogP contribution in [0.3, 0.4) is 0 Å². The number of hydrogen-bond acceptors (Lipinski definition) is 4. The fourth-order valence-corrected chi connectivity index (χ4v) is 1.74. The molecule has 0 aromatic heterocycles. The van der Waals surface area contributed by atoms with Crippen LogP contribution in [-0.2, 0) is 20.9 Å². The van der Waals surface area contributed by atoms with Gasteiger partial charge in [-0.15, -0.1) is 12.4 Å². The van der Waals surface area contributed by atoms with Gasteiger partial charge in [0.2, 0.25) is 11.8 Å². The maximum Gasteiger partial charge on any atom is 0.222 e. The number of ether oxygens (including phenoxy) is 1. The maximum atomic E-state index is 11.6. The van der Waals surface area contributed by atoms with Crippen molar-refractivity contribution in [2.75, 3.05) is 20.2 Å². The summed E-state index contributed by atoms with van der Waals surface area (Å²) in [4.78, 5) is 23.2. The zero-order valence-corrected chi connectivity index (χ0v) is 13.5. The zero-order valence-electron chi connectivity index (χ0n) is 12.7. The average Bonchev–Trinajstić information content (AvgIpc) is 2.51. The number of halogens is 1. The fourth-order valence-electron chi connectivity index (χ4n) is 1.74. The molecule has 0 radical (unpaired) electrons. The minimum absolute atomic E-state index is 0. The van der Waals surface area contributed by atoms with Gasteiger partial charge in [0, 0.05) is 33.2 Å². The van der Waals surface area contributed by atoms with Crippen molar-refractivity contribution in [3.05, 3.63) is 35.9 Å². The molecule has 22 heavy (non-hydrogen) atoms. The number of carbonyl (C=O) groups excluding carboxylic acids is 2. The summed E-state index contributed by atoms with van der Waals surface area (Å²) in [7, 11) is 1.52. The van der Waals surface area contributed by atoms with Crippen LogP contribution in [0.4, 0.5) is 0 Å². The lowest BCUT2D eigenvalue weighted by molar-refractivity contribution is -0.123. The van der Waals surface area contributed by atoms with Crippen LogP contribution in [0.15, 0.2) is 30.3 Å². The lowest BCUT2D eigenvalue weighted by Crippen LogP contribution is -2.34. The first-order valence-electron chi connectivity index (χ1n) is 6.96. The molecule has 1 aromatic carbocycles. The average molecular weight is 330 g/mol. The standard InChI is InChI=1S/C15H23N3O3.ClH/c1-21-13(10-16)9-15(20)17-8-7-14(19)18-11-12-5-3-2-4-6-12;/h2-6,13H,7-11,16H2,1H3,(H,17,20)(H,18,19);1H. The van der Waals surface area contributed by atoms with Crippen molar-refractivity contribution in [3.8, 4) is 0 Å². The molecule has 6 nitrogen and oxygen atoms in total. The molecule has 0 aliphatic rings. The lowest BCUT2D eigenvalue weighted by Gasteiger charge is -2.12. The monoisotopic (exact) mass is 329 g/mol. The van der Waals surface area contributed by atoms with Gasteiger partial charge >= 0.3 is 0 Å². The molecule has 1 unspecified atom stereocenters. The van der Waals surface area contributed by atoms with E-state index in [1.807, 2.05) is 30.3 Å². The van der Waals surface area contributed by atoms with Gasteiger partial charge in [-0.3, -0.25) is 9.59 Å². The number of nitrogens with two attached hydrogens (primary N) is 1. The Balaban J connectivity index is 0.00000441. The number of benzene rings is 1. The van der Waals surface area contributed by atoms with Crippen LogP contribution in [0.5, 0.6) is 0 Å². The minimum atomic E-state index is -0.281. The summed E-state index contributed by atoms with van der Waals surface area (Å²) in [6, 6.07) is 9.66. The second-order valence-corrected chi connectivity index (χ2v) is 4.66.